The van der Waals surface area contributed by atoms with Crippen LogP contribution in [0.4, 0.5) is 0 Å². The van der Waals surface area contributed by atoms with Crippen molar-refractivity contribution >= 4 is 11.6 Å². The molecule has 2 aromatic rings. The number of aromatic nitrogens is 2. The van der Waals surface area contributed by atoms with Gasteiger partial charge >= 0.3 is 0 Å². The summed E-state index contributed by atoms with van der Waals surface area (Å²) in [6, 6.07) is 7.46. The van der Waals surface area contributed by atoms with Crippen LogP contribution in [0.1, 0.15) is 44.9 Å². The zero-order valence-corrected chi connectivity index (χ0v) is 12.0. The lowest BCUT2D eigenvalue weighted by Gasteiger charge is -1.96. The van der Waals surface area contributed by atoms with Crippen LogP contribution >= 0.6 is 11.6 Å². The quantitative estimate of drug-likeness (QED) is 0.676. The first kappa shape index (κ1) is 14.1. The summed E-state index contributed by atoms with van der Waals surface area (Å²) < 4.78 is 5.26. The van der Waals surface area contributed by atoms with Gasteiger partial charge in [-0.05, 0) is 30.7 Å². The zero-order chi connectivity index (χ0) is 13.5. The monoisotopic (exact) mass is 278 g/mol. The third-order valence-electron chi connectivity index (χ3n) is 3.06. The first-order valence-electron chi connectivity index (χ1n) is 6.88. The van der Waals surface area contributed by atoms with Gasteiger partial charge in [-0.2, -0.15) is 4.98 Å². The molecule has 1 aromatic carbocycles. The molecule has 0 amide bonds. The van der Waals surface area contributed by atoms with E-state index in [2.05, 4.69) is 17.1 Å². The van der Waals surface area contributed by atoms with Gasteiger partial charge < -0.3 is 4.52 Å². The molecule has 2 rings (SSSR count). The summed E-state index contributed by atoms with van der Waals surface area (Å²) in [6.07, 6.45) is 7.06. The highest BCUT2D eigenvalue weighted by atomic mass is 35.5. The molecule has 0 aliphatic carbocycles. The minimum absolute atomic E-state index is 0.639. The average molecular weight is 279 g/mol. The third-order valence-corrected chi connectivity index (χ3v) is 3.32. The molecule has 0 spiro atoms. The Balaban J connectivity index is 1.86. The van der Waals surface area contributed by atoms with Crippen molar-refractivity contribution in [2.45, 2.75) is 45.4 Å². The number of benzene rings is 1. The summed E-state index contributed by atoms with van der Waals surface area (Å²) >= 11 is 5.85. The number of hydrogen-bond acceptors (Lipinski definition) is 3. The molecule has 1 heterocycles. The van der Waals surface area contributed by atoms with Crippen LogP contribution in [0.3, 0.4) is 0 Å². The predicted octanol–water partition coefficient (Wildman–Crippen LogP) is 4.90. The van der Waals surface area contributed by atoms with Crippen molar-refractivity contribution in [3.8, 4) is 11.4 Å². The minimum atomic E-state index is 0.639. The topological polar surface area (TPSA) is 38.9 Å². The van der Waals surface area contributed by atoms with E-state index in [0.717, 1.165) is 24.3 Å². The number of rotatable bonds is 7. The van der Waals surface area contributed by atoms with E-state index in [1.807, 2.05) is 24.3 Å². The molecule has 0 aliphatic rings. The fourth-order valence-corrected chi connectivity index (χ4v) is 2.08. The molecule has 0 atom stereocenters. The molecule has 102 valence electrons. The van der Waals surface area contributed by atoms with Crippen LogP contribution in [0.15, 0.2) is 28.8 Å². The summed E-state index contributed by atoms with van der Waals surface area (Å²) in [5, 5.41) is 4.71. The van der Waals surface area contributed by atoms with Crippen molar-refractivity contribution in [2.24, 2.45) is 0 Å². The lowest BCUT2D eigenvalue weighted by molar-refractivity contribution is 0.374. The van der Waals surface area contributed by atoms with E-state index in [0.29, 0.717) is 10.8 Å². The Bertz CT molecular complexity index is 493. The van der Waals surface area contributed by atoms with Crippen molar-refractivity contribution in [2.75, 3.05) is 0 Å². The van der Waals surface area contributed by atoms with Crippen molar-refractivity contribution < 1.29 is 4.52 Å². The molecule has 0 saturated carbocycles. The lowest BCUT2D eigenvalue weighted by atomic mass is 10.1. The van der Waals surface area contributed by atoms with E-state index in [1.54, 1.807) is 0 Å². The van der Waals surface area contributed by atoms with Gasteiger partial charge in [-0.15, -0.1) is 0 Å². The first-order valence-corrected chi connectivity index (χ1v) is 7.26. The largest absolute Gasteiger partial charge is 0.339 e. The Morgan fingerprint density at radius 1 is 1.05 bits per heavy atom. The normalized spacial score (nSPS) is 10.8. The molecular weight excluding hydrogens is 260 g/mol. The van der Waals surface area contributed by atoms with E-state index in [1.165, 1.54) is 25.7 Å². The minimum Gasteiger partial charge on any atom is -0.339 e. The van der Waals surface area contributed by atoms with E-state index < -0.39 is 0 Å². The maximum absolute atomic E-state index is 5.85. The molecule has 0 N–H and O–H groups in total. The van der Waals surface area contributed by atoms with Gasteiger partial charge in [0.2, 0.25) is 11.7 Å². The molecule has 0 unspecified atom stereocenters. The zero-order valence-electron chi connectivity index (χ0n) is 11.2. The molecule has 0 radical (unpaired) electrons. The standard InChI is InChI=1S/C15H19ClN2O/c1-2-3-4-5-6-7-14-17-15(18-19-14)12-8-10-13(16)11-9-12/h8-11H,2-7H2,1H3. The van der Waals surface area contributed by atoms with Gasteiger partial charge in [-0.1, -0.05) is 49.4 Å². The Hall–Kier alpha value is -1.35. The molecular formula is C15H19ClN2O. The van der Waals surface area contributed by atoms with E-state index in [-0.39, 0.29) is 0 Å². The highest BCUT2D eigenvalue weighted by molar-refractivity contribution is 6.30. The van der Waals surface area contributed by atoms with Gasteiger partial charge in [-0.25, -0.2) is 0 Å². The van der Waals surface area contributed by atoms with Crippen LogP contribution in [0, 0.1) is 0 Å². The molecule has 0 aliphatic heterocycles. The number of unbranched alkanes of at least 4 members (excludes halogenated alkanes) is 4. The molecule has 3 nitrogen and oxygen atoms in total. The Morgan fingerprint density at radius 2 is 1.79 bits per heavy atom. The smallest absolute Gasteiger partial charge is 0.226 e. The van der Waals surface area contributed by atoms with Crippen LogP contribution in [-0.4, -0.2) is 10.1 Å². The maximum Gasteiger partial charge on any atom is 0.226 e. The average Bonchev–Trinajstić information content (AvgIpc) is 2.88. The van der Waals surface area contributed by atoms with Crippen LogP contribution in [0.25, 0.3) is 11.4 Å². The SMILES string of the molecule is CCCCCCCc1nc(-c2ccc(Cl)cc2)no1. The fourth-order valence-electron chi connectivity index (χ4n) is 1.95. The van der Waals surface area contributed by atoms with E-state index in [4.69, 9.17) is 16.1 Å². The predicted molar refractivity (Wildman–Crippen MR) is 77.2 cm³/mol. The van der Waals surface area contributed by atoms with Crippen molar-refractivity contribution in [1.82, 2.24) is 10.1 Å². The highest BCUT2D eigenvalue weighted by Gasteiger charge is 2.08. The summed E-state index contributed by atoms with van der Waals surface area (Å²) in [5.41, 5.74) is 0.936. The Labute approximate surface area is 119 Å². The van der Waals surface area contributed by atoms with E-state index in [9.17, 15) is 0 Å². The van der Waals surface area contributed by atoms with Crippen LogP contribution in [-0.2, 0) is 6.42 Å². The number of aryl methyl sites for hydroxylation is 1. The van der Waals surface area contributed by atoms with Gasteiger partial charge in [0.25, 0.3) is 0 Å². The summed E-state index contributed by atoms with van der Waals surface area (Å²) in [5.74, 6) is 1.36. The second-order valence-corrected chi connectivity index (χ2v) is 5.12. The molecule has 0 saturated heterocycles. The van der Waals surface area contributed by atoms with Gasteiger partial charge in [0.05, 0.1) is 0 Å². The lowest BCUT2D eigenvalue weighted by Crippen LogP contribution is -1.87. The van der Waals surface area contributed by atoms with Gasteiger partial charge in [0.15, 0.2) is 0 Å². The number of hydrogen-bond donors (Lipinski definition) is 0. The van der Waals surface area contributed by atoms with Gasteiger partial charge in [0, 0.05) is 17.0 Å². The highest BCUT2D eigenvalue weighted by Crippen LogP contribution is 2.19. The fraction of sp³-hybridized carbons (Fsp3) is 0.467. The molecule has 4 heteroatoms. The van der Waals surface area contributed by atoms with Crippen molar-refractivity contribution in [3.05, 3.63) is 35.2 Å². The third kappa shape index (κ3) is 4.35. The van der Waals surface area contributed by atoms with Gasteiger partial charge in [0.1, 0.15) is 0 Å². The van der Waals surface area contributed by atoms with Crippen LogP contribution in [0.5, 0.6) is 0 Å². The van der Waals surface area contributed by atoms with Crippen LogP contribution < -0.4 is 0 Å². The van der Waals surface area contributed by atoms with Crippen molar-refractivity contribution in [1.29, 1.82) is 0 Å². The van der Waals surface area contributed by atoms with Crippen LogP contribution in [0.2, 0.25) is 5.02 Å². The number of halogens is 1. The molecule has 0 fully saturated rings. The summed E-state index contributed by atoms with van der Waals surface area (Å²) in [7, 11) is 0. The molecule has 0 bridgehead atoms. The maximum atomic E-state index is 5.85. The Morgan fingerprint density at radius 3 is 2.53 bits per heavy atom. The number of nitrogens with zero attached hydrogens (tertiary/aromatic N) is 2. The first-order chi connectivity index (χ1) is 9.29. The second kappa shape index (κ2) is 7.29. The second-order valence-electron chi connectivity index (χ2n) is 4.68. The summed E-state index contributed by atoms with van der Waals surface area (Å²) in [6.45, 7) is 2.22. The van der Waals surface area contributed by atoms with Gasteiger partial charge in [-0.3, -0.25) is 0 Å². The molecule has 19 heavy (non-hydrogen) atoms. The van der Waals surface area contributed by atoms with E-state index >= 15 is 0 Å². The summed E-state index contributed by atoms with van der Waals surface area (Å²) in [4.78, 5) is 4.41. The van der Waals surface area contributed by atoms with Crippen molar-refractivity contribution in [3.63, 3.8) is 0 Å². The molecule has 1 aromatic heterocycles. The Kier molecular flexibility index (Phi) is 5.40.